The van der Waals surface area contributed by atoms with E-state index in [1.54, 1.807) is 12.1 Å². The minimum atomic E-state index is -0.234. The standard InChI is InChI=1S/C24H29FN4O/c1-16-9-23-18(13-27-29(23)20-5-3-19(25)4-6-20)12-22(16)24-14-26-7-8-28(24)15-17-10-21(11-17)30-2/h3-6,9,12-13,17,21,24,26H,7-8,10-11,14-15H2,1-2H3/t17?,21?,24-/m1/s1. The van der Waals surface area contributed by atoms with Crippen LogP contribution in [-0.2, 0) is 4.74 Å². The molecule has 1 saturated carbocycles. The van der Waals surface area contributed by atoms with Crippen LogP contribution in [0.1, 0.15) is 30.0 Å². The van der Waals surface area contributed by atoms with E-state index in [1.807, 2.05) is 18.0 Å². The maximum Gasteiger partial charge on any atom is 0.123 e. The van der Waals surface area contributed by atoms with Crippen molar-refractivity contribution in [2.75, 3.05) is 33.3 Å². The first-order valence-electron chi connectivity index (χ1n) is 10.8. The van der Waals surface area contributed by atoms with Crippen LogP contribution in [0.4, 0.5) is 4.39 Å². The number of nitrogens with one attached hydrogen (secondary N) is 1. The summed E-state index contributed by atoms with van der Waals surface area (Å²) in [5.41, 5.74) is 4.57. The van der Waals surface area contributed by atoms with Gasteiger partial charge in [0.2, 0.25) is 0 Å². The first-order valence-corrected chi connectivity index (χ1v) is 10.8. The largest absolute Gasteiger partial charge is 0.381 e. The number of methoxy groups -OCH3 is 1. The fourth-order valence-corrected chi connectivity index (χ4v) is 4.96. The lowest BCUT2D eigenvalue weighted by molar-refractivity contribution is -0.0182. The van der Waals surface area contributed by atoms with Crippen molar-refractivity contribution in [2.45, 2.75) is 31.9 Å². The van der Waals surface area contributed by atoms with Crippen molar-refractivity contribution < 1.29 is 9.13 Å². The Kier molecular flexibility index (Phi) is 5.31. The molecule has 1 N–H and O–H groups in total. The fraction of sp³-hybridized carbons (Fsp3) is 0.458. The third-order valence-electron chi connectivity index (χ3n) is 6.76. The molecule has 5 nitrogen and oxygen atoms in total. The number of nitrogens with zero attached hydrogens (tertiary/aromatic N) is 3. The molecule has 2 aliphatic rings. The van der Waals surface area contributed by atoms with Crippen molar-refractivity contribution in [1.29, 1.82) is 0 Å². The maximum absolute atomic E-state index is 13.3. The Labute approximate surface area is 176 Å². The molecule has 0 unspecified atom stereocenters. The molecule has 1 aliphatic carbocycles. The number of hydrogen-bond acceptors (Lipinski definition) is 4. The van der Waals surface area contributed by atoms with E-state index in [0.29, 0.717) is 12.1 Å². The SMILES string of the molecule is COC1CC(CN2CCNC[C@@H]2c2cc3cnn(-c4ccc(F)cc4)c3cc2C)C1. The predicted molar refractivity (Wildman–Crippen MR) is 116 cm³/mol. The van der Waals surface area contributed by atoms with Gasteiger partial charge in [-0.25, -0.2) is 9.07 Å². The number of benzene rings is 2. The van der Waals surface area contributed by atoms with Gasteiger partial charge in [-0.1, -0.05) is 0 Å². The van der Waals surface area contributed by atoms with Crippen LogP contribution in [0.3, 0.4) is 0 Å². The van der Waals surface area contributed by atoms with Gasteiger partial charge in [-0.05, 0) is 73.2 Å². The highest BCUT2D eigenvalue weighted by Crippen LogP contribution is 2.35. The van der Waals surface area contributed by atoms with Gasteiger partial charge in [0.25, 0.3) is 0 Å². The average Bonchev–Trinajstić information content (AvgIpc) is 3.13. The number of hydrogen-bond donors (Lipinski definition) is 1. The number of fused-ring (bicyclic) bond motifs is 1. The molecule has 5 rings (SSSR count). The first kappa shape index (κ1) is 19.7. The van der Waals surface area contributed by atoms with E-state index in [2.05, 4.69) is 34.4 Å². The number of piperazine rings is 1. The lowest BCUT2D eigenvalue weighted by Gasteiger charge is -2.43. The van der Waals surface area contributed by atoms with Crippen LogP contribution in [0.15, 0.2) is 42.6 Å². The van der Waals surface area contributed by atoms with Gasteiger partial charge in [0.1, 0.15) is 5.82 Å². The predicted octanol–water partition coefficient (Wildman–Crippen LogP) is 3.84. The summed E-state index contributed by atoms with van der Waals surface area (Å²) in [5, 5.41) is 9.28. The second kappa shape index (κ2) is 8.10. The zero-order chi connectivity index (χ0) is 20.7. The minimum absolute atomic E-state index is 0.234. The highest BCUT2D eigenvalue weighted by molar-refractivity contribution is 5.82. The van der Waals surface area contributed by atoms with Gasteiger partial charge in [0.05, 0.1) is 23.5 Å². The number of aromatic nitrogens is 2. The van der Waals surface area contributed by atoms with Crippen molar-refractivity contribution in [3.05, 3.63) is 59.5 Å². The van der Waals surface area contributed by atoms with E-state index in [1.165, 1.54) is 36.1 Å². The summed E-state index contributed by atoms with van der Waals surface area (Å²) in [6.07, 6.45) is 4.72. The Balaban J connectivity index is 1.43. The molecule has 6 heteroatoms. The van der Waals surface area contributed by atoms with Gasteiger partial charge >= 0.3 is 0 Å². The van der Waals surface area contributed by atoms with Gasteiger partial charge in [-0.2, -0.15) is 5.10 Å². The topological polar surface area (TPSA) is 42.3 Å². The summed E-state index contributed by atoms with van der Waals surface area (Å²) in [6, 6.07) is 11.4. The van der Waals surface area contributed by atoms with Crippen molar-refractivity contribution in [1.82, 2.24) is 20.0 Å². The van der Waals surface area contributed by atoms with Gasteiger partial charge in [0, 0.05) is 44.7 Å². The lowest BCUT2D eigenvalue weighted by Crippen LogP contribution is -2.49. The number of halogens is 1. The monoisotopic (exact) mass is 408 g/mol. The van der Waals surface area contributed by atoms with Crippen molar-refractivity contribution in [3.63, 3.8) is 0 Å². The Morgan fingerprint density at radius 2 is 2.00 bits per heavy atom. The lowest BCUT2D eigenvalue weighted by atomic mass is 9.81. The molecule has 30 heavy (non-hydrogen) atoms. The summed E-state index contributed by atoms with van der Waals surface area (Å²) < 4.78 is 20.7. The van der Waals surface area contributed by atoms with Gasteiger partial charge in [-0.3, -0.25) is 4.90 Å². The Hall–Kier alpha value is -2.28. The second-order valence-electron chi connectivity index (χ2n) is 8.71. The van der Waals surface area contributed by atoms with Gasteiger partial charge in [-0.15, -0.1) is 0 Å². The molecule has 2 heterocycles. The zero-order valence-electron chi connectivity index (χ0n) is 17.6. The van der Waals surface area contributed by atoms with Crippen LogP contribution in [-0.4, -0.2) is 54.1 Å². The summed E-state index contributed by atoms with van der Waals surface area (Å²) in [4.78, 5) is 2.64. The van der Waals surface area contributed by atoms with Gasteiger partial charge < -0.3 is 10.1 Å². The van der Waals surface area contributed by atoms with Crippen LogP contribution in [0.25, 0.3) is 16.6 Å². The van der Waals surface area contributed by atoms with E-state index < -0.39 is 0 Å². The molecule has 3 aromatic rings. The normalized spacial score (nSPS) is 24.8. The molecule has 0 bridgehead atoms. The molecular weight excluding hydrogens is 379 g/mol. The quantitative estimate of drug-likeness (QED) is 0.697. The molecule has 0 amide bonds. The van der Waals surface area contributed by atoms with Crippen LogP contribution in [0.2, 0.25) is 0 Å². The van der Waals surface area contributed by atoms with Crippen molar-refractivity contribution in [2.24, 2.45) is 5.92 Å². The van der Waals surface area contributed by atoms with Crippen LogP contribution >= 0.6 is 0 Å². The van der Waals surface area contributed by atoms with E-state index in [0.717, 1.165) is 48.7 Å². The van der Waals surface area contributed by atoms with E-state index in [-0.39, 0.29) is 5.82 Å². The number of rotatable bonds is 5. The summed E-state index contributed by atoms with van der Waals surface area (Å²) in [6.45, 7) is 6.41. The average molecular weight is 409 g/mol. The fourth-order valence-electron chi connectivity index (χ4n) is 4.96. The summed E-state index contributed by atoms with van der Waals surface area (Å²) in [5.74, 6) is 0.502. The Bertz CT molecular complexity index is 1030. The number of aryl methyl sites for hydroxylation is 1. The van der Waals surface area contributed by atoms with E-state index in [9.17, 15) is 4.39 Å². The molecule has 1 aliphatic heterocycles. The zero-order valence-corrected chi connectivity index (χ0v) is 17.6. The summed E-state index contributed by atoms with van der Waals surface area (Å²) >= 11 is 0. The molecule has 158 valence electrons. The molecule has 1 aromatic heterocycles. The van der Waals surface area contributed by atoms with Crippen LogP contribution < -0.4 is 5.32 Å². The Morgan fingerprint density at radius 1 is 1.20 bits per heavy atom. The highest BCUT2D eigenvalue weighted by atomic mass is 19.1. The van der Waals surface area contributed by atoms with Crippen LogP contribution in [0, 0.1) is 18.7 Å². The van der Waals surface area contributed by atoms with Crippen molar-refractivity contribution in [3.8, 4) is 5.69 Å². The smallest absolute Gasteiger partial charge is 0.123 e. The van der Waals surface area contributed by atoms with E-state index in [4.69, 9.17) is 4.74 Å². The summed E-state index contributed by atoms with van der Waals surface area (Å²) in [7, 11) is 1.82. The highest BCUT2D eigenvalue weighted by Gasteiger charge is 2.34. The molecule has 2 fully saturated rings. The molecule has 0 radical (unpaired) electrons. The van der Waals surface area contributed by atoms with Gasteiger partial charge in [0.15, 0.2) is 0 Å². The molecule has 2 aromatic carbocycles. The Morgan fingerprint density at radius 3 is 2.77 bits per heavy atom. The molecule has 0 spiro atoms. The molecule has 1 saturated heterocycles. The third kappa shape index (κ3) is 3.64. The van der Waals surface area contributed by atoms with E-state index >= 15 is 0 Å². The number of ether oxygens (including phenoxy) is 1. The molecule has 1 atom stereocenters. The maximum atomic E-state index is 13.3. The second-order valence-corrected chi connectivity index (χ2v) is 8.71. The molecular formula is C24H29FN4O. The van der Waals surface area contributed by atoms with Crippen LogP contribution in [0.5, 0.6) is 0 Å². The first-order chi connectivity index (χ1) is 14.6. The minimum Gasteiger partial charge on any atom is -0.381 e. The van der Waals surface area contributed by atoms with Crippen molar-refractivity contribution >= 4 is 10.9 Å². The third-order valence-corrected chi connectivity index (χ3v) is 6.76.